The standard InChI is InChI=1S/C15H17N3O2.ClH/c19-15(20)14-7-4-8-17(14)10-12-9-16-18(11-12)13-5-2-1-3-6-13;/h1-3,5-6,9,11,14H,4,7-8,10H2,(H,19,20);1H. The van der Waals surface area contributed by atoms with Crippen molar-refractivity contribution in [3.63, 3.8) is 0 Å². The Hall–Kier alpha value is -1.85. The van der Waals surface area contributed by atoms with E-state index >= 15 is 0 Å². The average Bonchev–Trinajstić information content (AvgIpc) is 3.09. The molecule has 0 saturated carbocycles. The average molecular weight is 308 g/mol. The zero-order chi connectivity index (χ0) is 13.9. The Morgan fingerprint density at radius 2 is 2.10 bits per heavy atom. The van der Waals surface area contributed by atoms with Crippen molar-refractivity contribution in [2.45, 2.75) is 25.4 Å². The molecular weight excluding hydrogens is 290 g/mol. The summed E-state index contributed by atoms with van der Waals surface area (Å²) in [5.41, 5.74) is 2.05. The van der Waals surface area contributed by atoms with Crippen LogP contribution in [0.3, 0.4) is 0 Å². The maximum absolute atomic E-state index is 11.2. The highest BCUT2D eigenvalue weighted by atomic mass is 35.5. The molecule has 21 heavy (non-hydrogen) atoms. The van der Waals surface area contributed by atoms with Crippen molar-refractivity contribution < 1.29 is 9.90 Å². The van der Waals surface area contributed by atoms with E-state index < -0.39 is 5.97 Å². The highest BCUT2D eigenvalue weighted by molar-refractivity contribution is 5.85. The number of likely N-dealkylation sites (tertiary alicyclic amines) is 1. The van der Waals surface area contributed by atoms with E-state index in [2.05, 4.69) is 5.10 Å². The number of nitrogens with zero attached hydrogens (tertiary/aromatic N) is 3. The molecule has 6 heteroatoms. The maximum Gasteiger partial charge on any atom is 0.320 e. The van der Waals surface area contributed by atoms with Gasteiger partial charge in [0.25, 0.3) is 0 Å². The second-order valence-corrected chi connectivity index (χ2v) is 5.10. The highest BCUT2D eigenvalue weighted by Crippen LogP contribution is 2.20. The summed E-state index contributed by atoms with van der Waals surface area (Å²) in [5, 5.41) is 13.5. The van der Waals surface area contributed by atoms with Crippen molar-refractivity contribution in [3.05, 3.63) is 48.3 Å². The summed E-state index contributed by atoms with van der Waals surface area (Å²) in [6.07, 6.45) is 5.46. The first-order chi connectivity index (χ1) is 9.74. The zero-order valence-corrected chi connectivity index (χ0v) is 12.4. The smallest absolute Gasteiger partial charge is 0.320 e. The van der Waals surface area contributed by atoms with Crippen LogP contribution < -0.4 is 0 Å². The third kappa shape index (κ3) is 3.43. The molecular formula is C15H18ClN3O2. The van der Waals surface area contributed by atoms with E-state index in [0.29, 0.717) is 6.54 Å². The molecule has 2 heterocycles. The van der Waals surface area contributed by atoms with E-state index in [1.807, 2.05) is 52.3 Å². The predicted octanol–water partition coefficient (Wildman–Crippen LogP) is 2.34. The van der Waals surface area contributed by atoms with E-state index in [9.17, 15) is 9.90 Å². The molecule has 1 unspecified atom stereocenters. The van der Waals surface area contributed by atoms with Crippen molar-refractivity contribution in [3.8, 4) is 5.69 Å². The van der Waals surface area contributed by atoms with Crippen LogP contribution in [0.4, 0.5) is 0 Å². The van der Waals surface area contributed by atoms with Crippen LogP contribution in [0.2, 0.25) is 0 Å². The first-order valence-corrected chi connectivity index (χ1v) is 6.80. The quantitative estimate of drug-likeness (QED) is 0.942. The van der Waals surface area contributed by atoms with Crippen molar-refractivity contribution >= 4 is 18.4 Å². The number of aliphatic carboxylic acids is 1. The van der Waals surface area contributed by atoms with Gasteiger partial charge in [-0.2, -0.15) is 5.10 Å². The summed E-state index contributed by atoms with van der Waals surface area (Å²) in [6, 6.07) is 9.54. The third-order valence-corrected chi connectivity index (χ3v) is 3.69. The lowest BCUT2D eigenvalue weighted by atomic mass is 10.2. The van der Waals surface area contributed by atoms with Crippen molar-refractivity contribution in [1.29, 1.82) is 0 Å². The van der Waals surface area contributed by atoms with Gasteiger partial charge in [-0.1, -0.05) is 18.2 Å². The second kappa shape index (κ2) is 6.74. The van der Waals surface area contributed by atoms with Crippen LogP contribution in [0.25, 0.3) is 5.69 Å². The van der Waals surface area contributed by atoms with Crippen LogP contribution in [-0.4, -0.2) is 38.3 Å². The second-order valence-electron chi connectivity index (χ2n) is 5.10. The number of aromatic nitrogens is 2. The lowest BCUT2D eigenvalue weighted by Crippen LogP contribution is -2.35. The van der Waals surface area contributed by atoms with Gasteiger partial charge in [-0.3, -0.25) is 9.69 Å². The summed E-state index contributed by atoms with van der Waals surface area (Å²) >= 11 is 0. The van der Waals surface area contributed by atoms with Crippen LogP contribution in [0, 0.1) is 0 Å². The van der Waals surface area contributed by atoms with E-state index in [4.69, 9.17) is 0 Å². The Morgan fingerprint density at radius 1 is 1.33 bits per heavy atom. The highest BCUT2D eigenvalue weighted by Gasteiger charge is 2.30. The Balaban J connectivity index is 0.00000161. The predicted molar refractivity (Wildman–Crippen MR) is 81.9 cm³/mol. The molecule has 0 bridgehead atoms. The molecule has 3 rings (SSSR count). The minimum Gasteiger partial charge on any atom is -0.480 e. The molecule has 1 aromatic carbocycles. The molecule has 1 aliphatic rings. The van der Waals surface area contributed by atoms with Crippen LogP contribution >= 0.6 is 12.4 Å². The number of hydrogen-bond acceptors (Lipinski definition) is 3. The lowest BCUT2D eigenvalue weighted by molar-refractivity contribution is -0.142. The molecule has 1 fully saturated rings. The molecule has 5 nitrogen and oxygen atoms in total. The molecule has 1 aliphatic heterocycles. The van der Waals surface area contributed by atoms with Gasteiger partial charge in [0, 0.05) is 18.3 Å². The van der Waals surface area contributed by atoms with E-state index in [0.717, 1.165) is 30.6 Å². The summed E-state index contributed by atoms with van der Waals surface area (Å²) < 4.78 is 1.82. The third-order valence-electron chi connectivity index (χ3n) is 3.69. The van der Waals surface area contributed by atoms with E-state index in [-0.39, 0.29) is 18.4 Å². The summed E-state index contributed by atoms with van der Waals surface area (Å²) in [5.74, 6) is -0.724. The molecule has 112 valence electrons. The molecule has 2 aromatic rings. The Morgan fingerprint density at radius 3 is 2.81 bits per heavy atom. The number of carbonyl (C=O) groups is 1. The van der Waals surface area contributed by atoms with Gasteiger partial charge in [0.05, 0.1) is 11.9 Å². The van der Waals surface area contributed by atoms with Crippen LogP contribution in [0.15, 0.2) is 42.7 Å². The molecule has 1 aromatic heterocycles. The van der Waals surface area contributed by atoms with Gasteiger partial charge in [-0.25, -0.2) is 4.68 Å². The van der Waals surface area contributed by atoms with Crippen LogP contribution in [-0.2, 0) is 11.3 Å². The van der Waals surface area contributed by atoms with Gasteiger partial charge in [0.15, 0.2) is 0 Å². The van der Waals surface area contributed by atoms with Crippen molar-refractivity contribution in [2.75, 3.05) is 6.54 Å². The Kier molecular flexibility index (Phi) is 4.98. The fourth-order valence-electron chi connectivity index (χ4n) is 2.69. The number of rotatable bonds is 4. The number of carboxylic acids is 1. The van der Waals surface area contributed by atoms with Gasteiger partial charge >= 0.3 is 5.97 Å². The minimum absolute atomic E-state index is 0. The van der Waals surface area contributed by atoms with Gasteiger partial charge in [-0.05, 0) is 31.5 Å². The first-order valence-electron chi connectivity index (χ1n) is 6.80. The summed E-state index contributed by atoms with van der Waals surface area (Å²) in [4.78, 5) is 13.2. The molecule has 0 aliphatic carbocycles. The normalized spacial score (nSPS) is 18.4. The Bertz CT molecular complexity index is 600. The first kappa shape index (κ1) is 15.5. The van der Waals surface area contributed by atoms with E-state index in [1.54, 1.807) is 0 Å². The Labute approximate surface area is 129 Å². The fraction of sp³-hybridized carbons (Fsp3) is 0.333. The monoisotopic (exact) mass is 307 g/mol. The topological polar surface area (TPSA) is 58.4 Å². The van der Waals surface area contributed by atoms with Crippen LogP contribution in [0.5, 0.6) is 0 Å². The van der Waals surface area contributed by atoms with E-state index in [1.165, 1.54) is 0 Å². The molecule has 0 radical (unpaired) electrons. The van der Waals surface area contributed by atoms with Gasteiger partial charge in [0.2, 0.25) is 0 Å². The van der Waals surface area contributed by atoms with Crippen molar-refractivity contribution in [1.82, 2.24) is 14.7 Å². The number of para-hydroxylation sites is 1. The maximum atomic E-state index is 11.2. The molecule has 1 atom stereocenters. The summed E-state index contributed by atoms with van der Waals surface area (Å²) in [6.45, 7) is 1.48. The fourth-order valence-corrected chi connectivity index (χ4v) is 2.69. The molecule has 1 saturated heterocycles. The number of halogens is 1. The van der Waals surface area contributed by atoms with Gasteiger partial charge in [-0.15, -0.1) is 12.4 Å². The minimum atomic E-state index is -0.724. The molecule has 0 amide bonds. The van der Waals surface area contributed by atoms with Gasteiger partial charge < -0.3 is 5.11 Å². The van der Waals surface area contributed by atoms with Gasteiger partial charge in [0.1, 0.15) is 6.04 Å². The summed E-state index contributed by atoms with van der Waals surface area (Å²) in [7, 11) is 0. The van der Waals surface area contributed by atoms with Crippen molar-refractivity contribution in [2.24, 2.45) is 0 Å². The number of hydrogen-bond donors (Lipinski definition) is 1. The number of carboxylic acid groups (broad SMARTS) is 1. The molecule has 0 spiro atoms. The molecule has 1 N–H and O–H groups in total. The SMILES string of the molecule is Cl.O=C(O)C1CCCN1Cc1cnn(-c2ccccc2)c1. The zero-order valence-electron chi connectivity index (χ0n) is 11.6. The number of benzene rings is 1. The largest absolute Gasteiger partial charge is 0.480 e. The van der Waals surface area contributed by atoms with Crippen LogP contribution in [0.1, 0.15) is 18.4 Å². The lowest BCUT2D eigenvalue weighted by Gasteiger charge is -2.19.